The summed E-state index contributed by atoms with van der Waals surface area (Å²) in [6, 6.07) is 36.9. The molecule has 4 rings (SSSR count). The molecule has 0 saturated heterocycles. The van der Waals surface area contributed by atoms with Crippen LogP contribution >= 0.6 is 30.8 Å². The van der Waals surface area contributed by atoms with Gasteiger partial charge in [-0.05, 0) is 61.0 Å². The highest BCUT2D eigenvalue weighted by molar-refractivity contribution is 8.02. The van der Waals surface area contributed by atoms with Gasteiger partial charge >= 0.3 is 0 Å². The van der Waals surface area contributed by atoms with Gasteiger partial charge in [-0.15, -0.1) is 23.5 Å². The maximum atomic E-state index is 10.8. The van der Waals surface area contributed by atoms with E-state index in [0.29, 0.717) is 5.75 Å². The van der Waals surface area contributed by atoms with Crippen molar-refractivity contribution >= 4 is 52.0 Å². The standard InChI is InChI=1S/C26H23OPS2/c1-29-24-18-23(19-25(30-2)26(24)27)28(20-12-6-3-7-13-20,21-14-8-4-9-15-21)22-16-10-5-11-17-22/h3-19H,1-2H3/p+1. The van der Waals surface area contributed by atoms with E-state index in [9.17, 15) is 5.11 Å². The number of phenolic OH excluding ortho intramolecular Hbond substituents is 1. The van der Waals surface area contributed by atoms with Gasteiger partial charge in [0, 0.05) is 0 Å². The summed E-state index contributed by atoms with van der Waals surface area (Å²) in [6.45, 7) is 0. The van der Waals surface area contributed by atoms with Crippen LogP contribution in [0.1, 0.15) is 0 Å². The van der Waals surface area contributed by atoms with Crippen LogP contribution in [0.5, 0.6) is 5.75 Å². The fourth-order valence-corrected chi connectivity index (χ4v) is 9.55. The van der Waals surface area contributed by atoms with Crippen LogP contribution in [0.15, 0.2) is 113 Å². The normalized spacial score (nSPS) is 11.4. The van der Waals surface area contributed by atoms with E-state index in [0.717, 1.165) is 9.79 Å². The minimum Gasteiger partial charge on any atom is -0.506 e. The highest BCUT2D eigenvalue weighted by Gasteiger charge is 2.48. The van der Waals surface area contributed by atoms with E-state index in [2.05, 4.69) is 103 Å². The van der Waals surface area contributed by atoms with E-state index < -0.39 is 7.26 Å². The summed E-state index contributed by atoms with van der Waals surface area (Å²) in [5, 5.41) is 16.0. The first-order valence-electron chi connectivity index (χ1n) is 9.73. The van der Waals surface area contributed by atoms with E-state index >= 15 is 0 Å². The van der Waals surface area contributed by atoms with E-state index in [-0.39, 0.29) is 0 Å². The van der Waals surface area contributed by atoms with Gasteiger partial charge in [0.05, 0.1) is 9.79 Å². The van der Waals surface area contributed by atoms with Crippen molar-refractivity contribution in [1.29, 1.82) is 0 Å². The fraction of sp³-hybridized carbons (Fsp3) is 0.0769. The van der Waals surface area contributed by atoms with Crippen LogP contribution in [0.3, 0.4) is 0 Å². The summed E-state index contributed by atoms with van der Waals surface area (Å²) < 4.78 is 0. The molecule has 0 fully saturated rings. The summed E-state index contributed by atoms with van der Waals surface area (Å²) in [7, 11) is -2.14. The SMILES string of the molecule is CSc1cc([P+](c2ccccc2)(c2ccccc2)c2ccccc2)cc(SC)c1O. The molecule has 4 heteroatoms. The Balaban J connectivity index is 2.17. The molecule has 150 valence electrons. The molecular weight excluding hydrogens is 423 g/mol. The number of phenols is 1. The number of aromatic hydroxyl groups is 1. The summed E-state index contributed by atoms with van der Waals surface area (Å²) >= 11 is 3.19. The van der Waals surface area contributed by atoms with Crippen LogP contribution in [0, 0.1) is 0 Å². The highest BCUT2D eigenvalue weighted by Crippen LogP contribution is 2.55. The summed E-state index contributed by atoms with van der Waals surface area (Å²) in [6.07, 6.45) is 4.05. The molecule has 0 aliphatic heterocycles. The highest BCUT2D eigenvalue weighted by atomic mass is 32.2. The Morgan fingerprint density at radius 1 is 0.533 bits per heavy atom. The predicted molar refractivity (Wildman–Crippen MR) is 136 cm³/mol. The molecule has 0 amide bonds. The molecule has 0 radical (unpaired) electrons. The molecule has 0 aliphatic carbocycles. The molecular formula is C26H24OPS2+. The lowest BCUT2D eigenvalue weighted by molar-refractivity contribution is 0.449. The van der Waals surface area contributed by atoms with E-state index in [1.54, 1.807) is 23.5 Å². The van der Waals surface area contributed by atoms with Crippen LogP contribution in [-0.4, -0.2) is 17.6 Å². The largest absolute Gasteiger partial charge is 0.506 e. The first kappa shape index (κ1) is 21.1. The lowest BCUT2D eigenvalue weighted by Gasteiger charge is -2.28. The predicted octanol–water partition coefficient (Wildman–Crippen LogP) is 5.46. The smallest absolute Gasteiger partial charge is 0.144 e. The lowest BCUT2D eigenvalue weighted by Crippen LogP contribution is -2.38. The monoisotopic (exact) mass is 447 g/mol. The van der Waals surface area contributed by atoms with Gasteiger partial charge in [0.25, 0.3) is 0 Å². The van der Waals surface area contributed by atoms with Crippen molar-refractivity contribution in [2.45, 2.75) is 9.79 Å². The van der Waals surface area contributed by atoms with E-state index in [4.69, 9.17) is 0 Å². The first-order chi connectivity index (χ1) is 14.7. The Kier molecular flexibility index (Phi) is 6.53. The fourth-order valence-electron chi connectivity index (χ4n) is 3.92. The van der Waals surface area contributed by atoms with Crippen molar-refractivity contribution in [2.24, 2.45) is 0 Å². The molecule has 0 spiro atoms. The van der Waals surface area contributed by atoms with E-state index in [1.807, 2.05) is 12.5 Å². The van der Waals surface area contributed by atoms with Crippen LogP contribution < -0.4 is 21.2 Å². The van der Waals surface area contributed by atoms with Gasteiger partial charge in [-0.1, -0.05) is 54.6 Å². The Morgan fingerprint density at radius 2 is 0.867 bits per heavy atom. The van der Waals surface area contributed by atoms with Crippen molar-refractivity contribution in [2.75, 3.05) is 12.5 Å². The molecule has 0 aliphatic rings. The Hall–Kier alpha value is -2.19. The molecule has 0 atom stereocenters. The third-order valence-corrected chi connectivity index (χ3v) is 11.0. The van der Waals surface area contributed by atoms with Crippen molar-refractivity contribution < 1.29 is 5.11 Å². The molecule has 30 heavy (non-hydrogen) atoms. The van der Waals surface area contributed by atoms with Gasteiger partial charge in [-0.3, -0.25) is 0 Å². The quantitative estimate of drug-likeness (QED) is 0.313. The summed E-state index contributed by atoms with van der Waals surface area (Å²) in [4.78, 5) is 1.84. The molecule has 0 aromatic heterocycles. The van der Waals surface area contributed by atoms with E-state index in [1.165, 1.54) is 21.2 Å². The van der Waals surface area contributed by atoms with Crippen molar-refractivity contribution in [3.05, 3.63) is 103 Å². The number of hydrogen-bond donors (Lipinski definition) is 1. The zero-order chi connectivity index (χ0) is 21.0. The van der Waals surface area contributed by atoms with Gasteiger partial charge in [-0.25, -0.2) is 0 Å². The number of thioether (sulfide) groups is 2. The third-order valence-electron chi connectivity index (χ3n) is 5.28. The molecule has 0 unspecified atom stereocenters. The average Bonchev–Trinajstić information content (AvgIpc) is 2.82. The maximum Gasteiger partial charge on any atom is 0.144 e. The third kappa shape index (κ3) is 3.67. The zero-order valence-corrected chi connectivity index (χ0v) is 19.6. The van der Waals surface area contributed by atoms with Crippen molar-refractivity contribution in [1.82, 2.24) is 0 Å². The van der Waals surface area contributed by atoms with Crippen LogP contribution in [0.4, 0.5) is 0 Å². The van der Waals surface area contributed by atoms with Gasteiger partial charge in [0.1, 0.15) is 34.2 Å². The average molecular weight is 448 g/mol. The minimum atomic E-state index is -2.14. The number of rotatable bonds is 6. The van der Waals surface area contributed by atoms with Crippen LogP contribution in [0.2, 0.25) is 0 Å². The topological polar surface area (TPSA) is 20.2 Å². The van der Waals surface area contributed by atoms with Crippen molar-refractivity contribution in [3.8, 4) is 5.75 Å². The van der Waals surface area contributed by atoms with Gasteiger partial charge in [0.15, 0.2) is 0 Å². The maximum absolute atomic E-state index is 10.8. The molecule has 4 aromatic carbocycles. The Labute approximate surface area is 187 Å². The number of hydrogen-bond acceptors (Lipinski definition) is 3. The lowest BCUT2D eigenvalue weighted by atomic mass is 10.3. The van der Waals surface area contributed by atoms with Gasteiger partial charge in [-0.2, -0.15) is 0 Å². The van der Waals surface area contributed by atoms with Crippen molar-refractivity contribution in [3.63, 3.8) is 0 Å². The van der Waals surface area contributed by atoms with Gasteiger partial charge < -0.3 is 5.11 Å². The molecule has 1 nitrogen and oxygen atoms in total. The Bertz CT molecular complexity index is 994. The first-order valence-corrected chi connectivity index (χ1v) is 14.0. The molecule has 0 saturated carbocycles. The van der Waals surface area contributed by atoms with Gasteiger partial charge in [0.2, 0.25) is 0 Å². The summed E-state index contributed by atoms with van der Waals surface area (Å²) in [5.41, 5.74) is 0. The second-order valence-corrected chi connectivity index (χ2v) is 12.0. The van der Waals surface area contributed by atoms with Crippen LogP contribution in [0.25, 0.3) is 0 Å². The molecule has 0 heterocycles. The molecule has 1 N–H and O–H groups in total. The Morgan fingerprint density at radius 3 is 1.17 bits per heavy atom. The molecule has 0 bridgehead atoms. The zero-order valence-electron chi connectivity index (χ0n) is 17.0. The minimum absolute atomic E-state index is 0.381. The number of benzene rings is 4. The second-order valence-electron chi connectivity index (χ2n) is 6.88. The summed E-state index contributed by atoms with van der Waals surface area (Å²) in [5.74, 6) is 0.381. The van der Waals surface area contributed by atoms with Crippen LogP contribution in [-0.2, 0) is 0 Å². The molecule has 4 aromatic rings. The second kappa shape index (κ2) is 9.31.